The lowest BCUT2D eigenvalue weighted by atomic mass is 10.2. The van der Waals surface area contributed by atoms with Gasteiger partial charge in [0.25, 0.3) is 5.91 Å². The second-order valence-corrected chi connectivity index (χ2v) is 6.33. The van der Waals surface area contributed by atoms with Gasteiger partial charge in [-0.1, -0.05) is 34.4 Å². The maximum atomic E-state index is 12.4. The van der Waals surface area contributed by atoms with E-state index in [9.17, 15) is 9.59 Å². The van der Waals surface area contributed by atoms with E-state index in [0.29, 0.717) is 40.9 Å². The summed E-state index contributed by atoms with van der Waals surface area (Å²) >= 11 is 12.0. The Morgan fingerprint density at radius 1 is 1.36 bits per heavy atom. The minimum absolute atomic E-state index is 0.0217. The molecule has 9 heteroatoms. The monoisotopic (exact) mass is 384 g/mol. The Hall–Kier alpha value is -2.25. The zero-order chi connectivity index (χ0) is 18.0. The second kappa shape index (κ2) is 7.33. The first-order chi connectivity index (χ1) is 12.0. The van der Waals surface area contributed by atoms with Crippen molar-refractivity contribution in [3.05, 3.63) is 45.8 Å². The van der Waals surface area contributed by atoms with Crippen LogP contribution >= 0.6 is 23.2 Å². The molecule has 1 aliphatic heterocycles. The van der Waals surface area contributed by atoms with Crippen LogP contribution in [-0.2, 0) is 11.4 Å². The number of aliphatic carboxylic acids is 1. The molecule has 1 aromatic heterocycles. The van der Waals surface area contributed by atoms with Gasteiger partial charge in [0.1, 0.15) is 12.6 Å². The van der Waals surface area contributed by atoms with Crippen molar-refractivity contribution in [1.82, 2.24) is 10.1 Å². The number of rotatable bonds is 5. The van der Waals surface area contributed by atoms with E-state index in [-0.39, 0.29) is 12.3 Å². The number of halogens is 2. The predicted octanol–water partition coefficient (Wildman–Crippen LogP) is 3.25. The normalized spacial score (nSPS) is 16.9. The molecule has 0 radical (unpaired) electrons. The van der Waals surface area contributed by atoms with E-state index in [1.54, 1.807) is 18.2 Å². The molecule has 1 saturated heterocycles. The molecule has 0 saturated carbocycles. The van der Waals surface area contributed by atoms with Gasteiger partial charge in [0.15, 0.2) is 17.2 Å². The molecule has 1 N–H and O–H groups in total. The van der Waals surface area contributed by atoms with E-state index < -0.39 is 17.9 Å². The number of carboxylic acids is 1. The number of aromatic nitrogens is 1. The molecule has 0 spiro atoms. The number of benzene rings is 1. The molecule has 1 atom stereocenters. The quantitative estimate of drug-likeness (QED) is 0.850. The van der Waals surface area contributed by atoms with Crippen molar-refractivity contribution in [2.24, 2.45) is 0 Å². The summed E-state index contributed by atoms with van der Waals surface area (Å²) < 4.78 is 10.6. The number of carbonyl (C=O) groups is 2. The van der Waals surface area contributed by atoms with Crippen molar-refractivity contribution in [1.29, 1.82) is 0 Å². The van der Waals surface area contributed by atoms with Gasteiger partial charge in [-0.05, 0) is 25.0 Å². The van der Waals surface area contributed by atoms with Crippen molar-refractivity contribution in [3.63, 3.8) is 0 Å². The van der Waals surface area contributed by atoms with Crippen LogP contribution in [0.2, 0.25) is 10.0 Å². The Bertz CT molecular complexity index is 787. The molecular formula is C16H14Cl2N2O5. The fourth-order valence-electron chi connectivity index (χ4n) is 2.66. The number of likely N-dealkylation sites (tertiary alicyclic amines) is 1. The predicted molar refractivity (Wildman–Crippen MR) is 89.0 cm³/mol. The van der Waals surface area contributed by atoms with Gasteiger partial charge in [0.05, 0.1) is 10.0 Å². The Morgan fingerprint density at radius 2 is 2.08 bits per heavy atom. The molecule has 1 fully saturated rings. The van der Waals surface area contributed by atoms with Crippen LogP contribution in [0.1, 0.15) is 29.1 Å². The average molecular weight is 385 g/mol. The van der Waals surface area contributed by atoms with Crippen LogP contribution in [0.5, 0.6) is 5.75 Å². The molecule has 0 bridgehead atoms. The molecule has 3 rings (SSSR count). The number of nitrogens with zero attached hydrogens (tertiary/aromatic N) is 2. The summed E-state index contributed by atoms with van der Waals surface area (Å²) in [5.74, 6) is -0.895. The summed E-state index contributed by atoms with van der Waals surface area (Å²) in [6.45, 7) is 0.357. The van der Waals surface area contributed by atoms with Crippen LogP contribution in [0, 0.1) is 0 Å². The number of para-hydroxylation sites is 1. The highest BCUT2D eigenvalue weighted by molar-refractivity contribution is 6.37. The second-order valence-electron chi connectivity index (χ2n) is 5.51. The molecule has 1 aromatic carbocycles. The Labute approximate surface area is 153 Å². The molecule has 25 heavy (non-hydrogen) atoms. The molecule has 2 heterocycles. The summed E-state index contributed by atoms with van der Waals surface area (Å²) in [5.41, 5.74) is 0.0389. The Balaban J connectivity index is 1.68. The number of amides is 1. The lowest BCUT2D eigenvalue weighted by Crippen LogP contribution is -2.40. The molecule has 0 aliphatic carbocycles. The zero-order valence-electron chi connectivity index (χ0n) is 12.9. The fraction of sp³-hybridized carbons (Fsp3) is 0.312. The highest BCUT2D eigenvalue weighted by Gasteiger charge is 2.35. The summed E-state index contributed by atoms with van der Waals surface area (Å²) in [7, 11) is 0. The van der Waals surface area contributed by atoms with Crippen molar-refractivity contribution >= 4 is 35.1 Å². The summed E-state index contributed by atoms with van der Waals surface area (Å²) in [4.78, 5) is 24.9. The van der Waals surface area contributed by atoms with Gasteiger partial charge in [0, 0.05) is 12.6 Å². The molecule has 2 aromatic rings. The summed E-state index contributed by atoms with van der Waals surface area (Å²) in [5, 5.41) is 13.6. The molecule has 7 nitrogen and oxygen atoms in total. The minimum atomic E-state index is -1.02. The third-order valence-electron chi connectivity index (χ3n) is 3.85. The van der Waals surface area contributed by atoms with Crippen LogP contribution in [0.3, 0.4) is 0 Å². The van der Waals surface area contributed by atoms with Crippen LogP contribution in [-0.4, -0.2) is 39.6 Å². The van der Waals surface area contributed by atoms with Crippen LogP contribution < -0.4 is 4.74 Å². The van der Waals surface area contributed by atoms with Gasteiger partial charge in [-0.25, -0.2) is 4.79 Å². The van der Waals surface area contributed by atoms with E-state index in [1.807, 2.05) is 0 Å². The van der Waals surface area contributed by atoms with Gasteiger partial charge in [-0.3, -0.25) is 4.79 Å². The van der Waals surface area contributed by atoms with Gasteiger partial charge in [-0.2, -0.15) is 0 Å². The standard InChI is InChI=1S/C16H14Cl2N2O5/c17-10-3-1-4-11(18)14(10)24-8-9-7-12(19-25-9)15(21)20-6-2-5-13(20)16(22)23/h1,3-4,7,13H,2,5-6,8H2,(H,22,23)/t13-/m1/s1. The Morgan fingerprint density at radius 3 is 2.76 bits per heavy atom. The highest BCUT2D eigenvalue weighted by Crippen LogP contribution is 2.33. The summed E-state index contributed by atoms with van der Waals surface area (Å²) in [6, 6.07) is 5.56. The van der Waals surface area contributed by atoms with E-state index >= 15 is 0 Å². The van der Waals surface area contributed by atoms with Gasteiger partial charge >= 0.3 is 5.97 Å². The molecule has 1 aliphatic rings. The first-order valence-corrected chi connectivity index (χ1v) is 8.29. The topological polar surface area (TPSA) is 92.9 Å². The van der Waals surface area contributed by atoms with E-state index in [4.69, 9.17) is 37.6 Å². The largest absolute Gasteiger partial charge is 0.482 e. The van der Waals surface area contributed by atoms with Gasteiger partial charge in [0.2, 0.25) is 0 Å². The first-order valence-electron chi connectivity index (χ1n) is 7.53. The molecule has 1 amide bonds. The van der Waals surface area contributed by atoms with Crippen LogP contribution in [0.4, 0.5) is 0 Å². The number of hydrogen-bond acceptors (Lipinski definition) is 5. The van der Waals surface area contributed by atoms with Gasteiger partial charge in [-0.15, -0.1) is 0 Å². The SMILES string of the molecule is O=C(O)[C@H]1CCCN1C(=O)c1cc(COc2c(Cl)cccc2Cl)on1. The molecule has 0 unspecified atom stereocenters. The maximum Gasteiger partial charge on any atom is 0.326 e. The third kappa shape index (κ3) is 3.72. The average Bonchev–Trinajstić information content (AvgIpc) is 3.23. The van der Waals surface area contributed by atoms with Crippen LogP contribution in [0.15, 0.2) is 28.8 Å². The van der Waals surface area contributed by atoms with Crippen molar-refractivity contribution in [3.8, 4) is 5.75 Å². The van der Waals surface area contributed by atoms with Crippen molar-refractivity contribution < 1.29 is 24.0 Å². The minimum Gasteiger partial charge on any atom is -0.482 e. The lowest BCUT2D eigenvalue weighted by Gasteiger charge is -2.19. The highest BCUT2D eigenvalue weighted by atomic mass is 35.5. The number of ether oxygens (including phenoxy) is 1. The van der Waals surface area contributed by atoms with E-state index in [0.717, 1.165) is 0 Å². The first kappa shape index (κ1) is 17.6. The number of hydrogen-bond donors (Lipinski definition) is 1. The van der Waals surface area contributed by atoms with Crippen LogP contribution in [0.25, 0.3) is 0 Å². The van der Waals surface area contributed by atoms with E-state index in [1.165, 1.54) is 11.0 Å². The lowest BCUT2D eigenvalue weighted by molar-refractivity contribution is -0.141. The number of carbonyl (C=O) groups excluding carboxylic acids is 1. The maximum absolute atomic E-state index is 12.4. The summed E-state index contributed by atoms with van der Waals surface area (Å²) in [6.07, 6.45) is 1.07. The van der Waals surface area contributed by atoms with Crippen molar-refractivity contribution in [2.45, 2.75) is 25.5 Å². The fourth-order valence-corrected chi connectivity index (χ4v) is 3.17. The Kier molecular flexibility index (Phi) is 5.15. The van der Waals surface area contributed by atoms with E-state index in [2.05, 4.69) is 5.16 Å². The molecule has 132 valence electrons. The van der Waals surface area contributed by atoms with Crippen molar-refractivity contribution in [2.75, 3.05) is 6.54 Å². The smallest absolute Gasteiger partial charge is 0.326 e. The zero-order valence-corrected chi connectivity index (χ0v) is 14.5. The number of carboxylic acid groups (broad SMARTS) is 1. The third-order valence-corrected chi connectivity index (χ3v) is 4.45. The van der Waals surface area contributed by atoms with Gasteiger partial charge < -0.3 is 19.3 Å². The molecular weight excluding hydrogens is 371 g/mol.